The Morgan fingerprint density at radius 1 is 0.632 bits per heavy atom. The standard InChI is InChI=1S/C19H31/c1-3-5-7-9-11-13-15-17-19-18-16-14-12-10-8-6-4-2/h1,3,5,7,9,11,13,15H,4,6,8,10,12,14,16-19H2,2H3/b3-1?,7-5+,11-9+,15-13+. The van der Waals surface area contributed by atoms with Crippen LogP contribution in [0, 0.1) is 6.58 Å². The van der Waals surface area contributed by atoms with Gasteiger partial charge < -0.3 is 0 Å². The topological polar surface area (TPSA) is 0 Å². The van der Waals surface area contributed by atoms with Crippen LogP contribution in [0.15, 0.2) is 42.5 Å². The first-order valence-corrected chi connectivity index (χ1v) is 7.95. The average molecular weight is 259 g/mol. The third-order valence-corrected chi connectivity index (χ3v) is 3.17. The third kappa shape index (κ3) is 17.0. The molecule has 0 heteroatoms. The summed E-state index contributed by atoms with van der Waals surface area (Å²) in [6, 6.07) is 0. The lowest BCUT2D eigenvalue weighted by atomic mass is 10.1. The maximum atomic E-state index is 5.22. The fourth-order valence-electron chi connectivity index (χ4n) is 2.00. The lowest BCUT2D eigenvalue weighted by Gasteiger charge is -2.00. The molecule has 0 N–H and O–H groups in total. The second-order valence-corrected chi connectivity index (χ2v) is 5.01. The normalized spacial score (nSPS) is 12.1. The summed E-state index contributed by atoms with van der Waals surface area (Å²) in [5.74, 6) is 0. The number of hydrogen-bond donors (Lipinski definition) is 0. The van der Waals surface area contributed by atoms with E-state index in [2.05, 4.69) is 19.1 Å². The van der Waals surface area contributed by atoms with Crippen LogP contribution in [0.4, 0.5) is 0 Å². The first-order chi connectivity index (χ1) is 9.41. The van der Waals surface area contributed by atoms with E-state index in [1.807, 2.05) is 24.3 Å². The predicted octanol–water partition coefficient (Wildman–Crippen LogP) is 6.57. The van der Waals surface area contributed by atoms with Crippen molar-refractivity contribution in [2.45, 2.75) is 71.1 Å². The molecule has 107 valence electrons. The largest absolute Gasteiger partial charge is 0.0845 e. The van der Waals surface area contributed by atoms with Crippen molar-refractivity contribution in [1.29, 1.82) is 0 Å². The van der Waals surface area contributed by atoms with Crippen molar-refractivity contribution >= 4 is 0 Å². The van der Waals surface area contributed by atoms with Gasteiger partial charge in [-0.25, -0.2) is 0 Å². The van der Waals surface area contributed by atoms with E-state index in [0.717, 1.165) is 0 Å². The Balaban J connectivity index is 3.17. The lowest BCUT2D eigenvalue weighted by molar-refractivity contribution is 0.566. The van der Waals surface area contributed by atoms with Crippen LogP contribution in [0.3, 0.4) is 0 Å². The first-order valence-electron chi connectivity index (χ1n) is 7.95. The summed E-state index contributed by atoms with van der Waals surface area (Å²) in [4.78, 5) is 0. The van der Waals surface area contributed by atoms with Crippen LogP contribution in [-0.4, -0.2) is 0 Å². The van der Waals surface area contributed by atoms with Gasteiger partial charge in [0.15, 0.2) is 0 Å². The molecule has 0 rings (SSSR count). The van der Waals surface area contributed by atoms with Gasteiger partial charge in [-0.05, 0) is 12.8 Å². The molecule has 0 aromatic rings. The molecule has 0 heterocycles. The highest BCUT2D eigenvalue weighted by molar-refractivity contribution is 5.13. The minimum atomic E-state index is 1.20. The zero-order chi connectivity index (χ0) is 14.0. The molecule has 0 aliphatic heterocycles. The molecule has 0 spiro atoms. The maximum Gasteiger partial charge on any atom is -0.0348 e. The van der Waals surface area contributed by atoms with Crippen LogP contribution < -0.4 is 0 Å². The number of unbranched alkanes of at least 4 members (excludes halogenated alkanes) is 9. The van der Waals surface area contributed by atoms with E-state index >= 15 is 0 Å². The molecule has 0 aromatic heterocycles. The summed E-state index contributed by atoms with van der Waals surface area (Å²) in [5, 5.41) is 0. The van der Waals surface area contributed by atoms with Gasteiger partial charge in [-0.1, -0.05) is 107 Å². The van der Waals surface area contributed by atoms with Crippen LogP contribution in [-0.2, 0) is 0 Å². The van der Waals surface area contributed by atoms with Crippen LogP contribution in [0.5, 0.6) is 0 Å². The molecule has 0 atom stereocenters. The fraction of sp³-hybridized carbons (Fsp3) is 0.579. The SMILES string of the molecule is [CH]=C/C=C/C=C/C=C/CCCCCCCCCCC. The summed E-state index contributed by atoms with van der Waals surface area (Å²) in [5.41, 5.74) is 0. The van der Waals surface area contributed by atoms with Crippen LogP contribution in [0.1, 0.15) is 71.1 Å². The van der Waals surface area contributed by atoms with Gasteiger partial charge >= 0.3 is 0 Å². The minimum Gasteiger partial charge on any atom is -0.0845 e. The molecular weight excluding hydrogens is 228 g/mol. The van der Waals surface area contributed by atoms with Crippen LogP contribution >= 0.6 is 0 Å². The van der Waals surface area contributed by atoms with E-state index in [9.17, 15) is 0 Å². The smallest absolute Gasteiger partial charge is 0.0348 e. The molecule has 0 amide bonds. The Kier molecular flexibility index (Phi) is 16.0. The summed E-state index contributed by atoms with van der Waals surface area (Å²) < 4.78 is 0. The minimum absolute atomic E-state index is 1.20. The van der Waals surface area contributed by atoms with Gasteiger partial charge in [0.05, 0.1) is 0 Å². The van der Waals surface area contributed by atoms with Crippen molar-refractivity contribution in [2.24, 2.45) is 0 Å². The van der Waals surface area contributed by atoms with Gasteiger partial charge in [-0.2, -0.15) is 0 Å². The van der Waals surface area contributed by atoms with E-state index in [0.29, 0.717) is 0 Å². The van der Waals surface area contributed by atoms with E-state index < -0.39 is 0 Å². The molecule has 0 saturated carbocycles. The number of allylic oxidation sites excluding steroid dienone is 7. The molecule has 0 aliphatic carbocycles. The molecule has 0 bridgehead atoms. The number of rotatable bonds is 13. The zero-order valence-corrected chi connectivity index (χ0v) is 12.7. The second-order valence-electron chi connectivity index (χ2n) is 5.01. The van der Waals surface area contributed by atoms with Crippen molar-refractivity contribution in [2.75, 3.05) is 0 Å². The monoisotopic (exact) mass is 259 g/mol. The molecule has 0 unspecified atom stereocenters. The van der Waals surface area contributed by atoms with Gasteiger partial charge in [-0.15, -0.1) is 0 Å². The van der Waals surface area contributed by atoms with Gasteiger partial charge in [0.1, 0.15) is 0 Å². The quantitative estimate of drug-likeness (QED) is 0.259. The Bertz CT molecular complexity index is 255. The molecular formula is C19H31. The van der Waals surface area contributed by atoms with Crippen molar-refractivity contribution in [1.82, 2.24) is 0 Å². The van der Waals surface area contributed by atoms with Crippen molar-refractivity contribution in [3.63, 3.8) is 0 Å². The predicted molar refractivity (Wildman–Crippen MR) is 88.1 cm³/mol. The molecule has 1 radical (unpaired) electrons. The average Bonchev–Trinajstić information content (AvgIpc) is 2.43. The molecule has 19 heavy (non-hydrogen) atoms. The Hall–Kier alpha value is -1.04. The molecule has 0 saturated heterocycles. The van der Waals surface area contributed by atoms with E-state index in [1.165, 1.54) is 70.3 Å². The molecule has 0 fully saturated rings. The van der Waals surface area contributed by atoms with Crippen LogP contribution in [0.2, 0.25) is 0 Å². The molecule has 0 nitrogen and oxygen atoms in total. The second kappa shape index (κ2) is 17.0. The summed E-state index contributed by atoms with van der Waals surface area (Å²) >= 11 is 0. The Morgan fingerprint density at radius 3 is 1.79 bits per heavy atom. The lowest BCUT2D eigenvalue weighted by Crippen LogP contribution is -1.80. The molecule has 0 aliphatic rings. The zero-order valence-electron chi connectivity index (χ0n) is 12.7. The summed E-state index contributed by atoms with van der Waals surface area (Å²) in [6.07, 6.45) is 27.5. The van der Waals surface area contributed by atoms with Crippen molar-refractivity contribution < 1.29 is 0 Å². The Labute approximate surface area is 121 Å². The van der Waals surface area contributed by atoms with Gasteiger partial charge in [-0.3, -0.25) is 0 Å². The highest BCUT2D eigenvalue weighted by Gasteiger charge is 1.90. The summed E-state index contributed by atoms with van der Waals surface area (Å²) in [7, 11) is 0. The van der Waals surface area contributed by atoms with Crippen molar-refractivity contribution in [3.8, 4) is 0 Å². The van der Waals surface area contributed by atoms with E-state index in [1.54, 1.807) is 0 Å². The van der Waals surface area contributed by atoms with Gasteiger partial charge in [0.25, 0.3) is 0 Å². The maximum absolute atomic E-state index is 5.22. The highest BCUT2D eigenvalue weighted by Crippen LogP contribution is 2.10. The van der Waals surface area contributed by atoms with Crippen LogP contribution in [0.25, 0.3) is 0 Å². The Morgan fingerprint density at radius 2 is 1.16 bits per heavy atom. The van der Waals surface area contributed by atoms with Gasteiger partial charge in [0.2, 0.25) is 0 Å². The van der Waals surface area contributed by atoms with Crippen molar-refractivity contribution in [3.05, 3.63) is 49.1 Å². The molecule has 0 aromatic carbocycles. The third-order valence-electron chi connectivity index (χ3n) is 3.17. The fourth-order valence-corrected chi connectivity index (χ4v) is 2.00. The van der Waals surface area contributed by atoms with Gasteiger partial charge in [0, 0.05) is 0 Å². The summed E-state index contributed by atoms with van der Waals surface area (Å²) in [6.45, 7) is 7.49. The van der Waals surface area contributed by atoms with E-state index in [-0.39, 0.29) is 0 Å². The highest BCUT2D eigenvalue weighted by atomic mass is 14.0. The van der Waals surface area contributed by atoms with E-state index in [4.69, 9.17) is 6.58 Å². The number of hydrogen-bond acceptors (Lipinski definition) is 0. The first kappa shape index (κ1) is 18.0.